The van der Waals surface area contributed by atoms with Crippen molar-refractivity contribution < 1.29 is 4.39 Å². The first-order valence-corrected chi connectivity index (χ1v) is 8.84. The fraction of sp³-hybridized carbons (Fsp3) is 0.238. The van der Waals surface area contributed by atoms with Crippen molar-refractivity contribution in [2.75, 3.05) is 10.6 Å². The van der Waals surface area contributed by atoms with Crippen LogP contribution in [-0.2, 0) is 6.54 Å². The lowest BCUT2D eigenvalue weighted by atomic mass is 10.2. The van der Waals surface area contributed by atoms with Crippen molar-refractivity contribution in [1.29, 1.82) is 0 Å². The third kappa shape index (κ3) is 4.57. The number of rotatable bonds is 7. The van der Waals surface area contributed by atoms with Crippen LogP contribution in [0.2, 0.25) is 0 Å². The molecule has 0 saturated heterocycles. The summed E-state index contributed by atoms with van der Waals surface area (Å²) >= 11 is 0. The zero-order chi connectivity index (χ0) is 18.4. The minimum Gasteiger partial charge on any atom is -0.367 e. The minimum absolute atomic E-state index is 0.227. The van der Waals surface area contributed by atoms with Gasteiger partial charge in [0.25, 0.3) is 0 Å². The monoisotopic (exact) mass is 350 g/mol. The maximum atomic E-state index is 13.8. The van der Waals surface area contributed by atoms with Crippen LogP contribution in [0.1, 0.15) is 25.8 Å². The Morgan fingerprint density at radius 3 is 2.38 bits per heavy atom. The van der Waals surface area contributed by atoms with Crippen molar-refractivity contribution in [2.24, 2.45) is 0 Å². The van der Waals surface area contributed by atoms with E-state index in [2.05, 4.69) is 34.4 Å². The van der Waals surface area contributed by atoms with Crippen molar-refractivity contribution in [3.8, 4) is 11.4 Å². The Hall–Kier alpha value is -2.95. The van der Waals surface area contributed by atoms with Gasteiger partial charge >= 0.3 is 0 Å². The van der Waals surface area contributed by atoms with E-state index in [-0.39, 0.29) is 5.82 Å². The molecule has 2 aromatic carbocycles. The van der Waals surface area contributed by atoms with Crippen LogP contribution >= 0.6 is 0 Å². The van der Waals surface area contributed by atoms with Crippen LogP contribution in [0.25, 0.3) is 11.4 Å². The van der Waals surface area contributed by atoms with Gasteiger partial charge in [0.1, 0.15) is 17.5 Å². The molecule has 0 fully saturated rings. The third-order valence-corrected chi connectivity index (χ3v) is 4.18. The molecule has 1 unspecified atom stereocenters. The first kappa shape index (κ1) is 17.9. The van der Waals surface area contributed by atoms with Gasteiger partial charge in [-0.15, -0.1) is 0 Å². The van der Waals surface area contributed by atoms with E-state index in [1.807, 2.05) is 42.5 Å². The van der Waals surface area contributed by atoms with E-state index in [1.54, 1.807) is 12.1 Å². The number of nitrogens with one attached hydrogen (secondary N) is 2. The first-order valence-electron chi connectivity index (χ1n) is 8.84. The van der Waals surface area contributed by atoms with Gasteiger partial charge in [-0.3, -0.25) is 0 Å². The molecule has 3 rings (SSSR count). The second kappa shape index (κ2) is 8.43. The molecule has 0 amide bonds. The molecule has 0 spiro atoms. The fourth-order valence-corrected chi connectivity index (χ4v) is 2.51. The summed E-state index contributed by atoms with van der Waals surface area (Å²) in [7, 11) is 0. The van der Waals surface area contributed by atoms with E-state index in [0.717, 1.165) is 17.8 Å². The smallest absolute Gasteiger partial charge is 0.163 e. The standard InChI is InChI=1S/C21H23FN4/c1-3-15(2)24-20-13-19(23-14-17-11-7-8-12-18(17)22)25-21(26-20)16-9-5-4-6-10-16/h4-13,15H,3,14H2,1-2H3,(H2,23,24,25,26). The third-order valence-electron chi connectivity index (χ3n) is 4.18. The van der Waals surface area contributed by atoms with Crippen LogP contribution in [0.3, 0.4) is 0 Å². The number of aromatic nitrogens is 2. The van der Waals surface area contributed by atoms with Crippen molar-refractivity contribution >= 4 is 11.6 Å². The summed E-state index contributed by atoms with van der Waals surface area (Å²) in [4.78, 5) is 9.22. The molecule has 4 nitrogen and oxygen atoms in total. The molecule has 0 aliphatic carbocycles. The predicted molar refractivity (Wildman–Crippen MR) is 105 cm³/mol. The van der Waals surface area contributed by atoms with Gasteiger partial charge in [0.2, 0.25) is 0 Å². The van der Waals surface area contributed by atoms with E-state index in [0.29, 0.717) is 29.8 Å². The van der Waals surface area contributed by atoms with Gasteiger partial charge in [-0.2, -0.15) is 0 Å². The molecule has 3 aromatic rings. The predicted octanol–water partition coefficient (Wildman–Crippen LogP) is 5.11. The molecular weight excluding hydrogens is 327 g/mol. The highest BCUT2D eigenvalue weighted by Crippen LogP contribution is 2.21. The van der Waals surface area contributed by atoms with Gasteiger partial charge in [-0.25, -0.2) is 14.4 Å². The highest BCUT2D eigenvalue weighted by molar-refractivity contribution is 5.61. The Morgan fingerprint density at radius 1 is 0.962 bits per heavy atom. The van der Waals surface area contributed by atoms with Gasteiger partial charge in [-0.1, -0.05) is 55.5 Å². The van der Waals surface area contributed by atoms with Crippen LogP contribution in [-0.4, -0.2) is 16.0 Å². The molecular formula is C21H23FN4. The van der Waals surface area contributed by atoms with Crippen LogP contribution in [0.4, 0.5) is 16.0 Å². The molecule has 0 radical (unpaired) electrons. The lowest BCUT2D eigenvalue weighted by Crippen LogP contribution is -2.15. The van der Waals surface area contributed by atoms with Crippen molar-refractivity contribution in [3.05, 3.63) is 72.0 Å². The highest BCUT2D eigenvalue weighted by Gasteiger charge is 2.09. The molecule has 0 aliphatic rings. The summed E-state index contributed by atoms with van der Waals surface area (Å²) in [5.41, 5.74) is 1.54. The summed E-state index contributed by atoms with van der Waals surface area (Å²) in [6.45, 7) is 4.59. The number of benzene rings is 2. The molecule has 2 N–H and O–H groups in total. The Labute approximate surface area is 153 Å². The molecule has 26 heavy (non-hydrogen) atoms. The zero-order valence-corrected chi connectivity index (χ0v) is 15.0. The van der Waals surface area contributed by atoms with Crippen LogP contribution in [0, 0.1) is 5.82 Å². The Morgan fingerprint density at radius 2 is 1.65 bits per heavy atom. The molecule has 1 heterocycles. The van der Waals surface area contributed by atoms with Crippen LogP contribution in [0.5, 0.6) is 0 Å². The van der Waals surface area contributed by atoms with Gasteiger partial charge in [0, 0.05) is 29.8 Å². The average Bonchev–Trinajstić information content (AvgIpc) is 2.68. The van der Waals surface area contributed by atoms with E-state index < -0.39 is 0 Å². The summed E-state index contributed by atoms with van der Waals surface area (Å²) in [5, 5.41) is 6.60. The summed E-state index contributed by atoms with van der Waals surface area (Å²) in [6.07, 6.45) is 0.989. The lowest BCUT2D eigenvalue weighted by Gasteiger charge is -2.15. The molecule has 134 valence electrons. The summed E-state index contributed by atoms with van der Waals surface area (Å²) in [6, 6.07) is 18.7. The van der Waals surface area contributed by atoms with Crippen molar-refractivity contribution in [3.63, 3.8) is 0 Å². The van der Waals surface area contributed by atoms with Gasteiger partial charge in [-0.05, 0) is 19.4 Å². The van der Waals surface area contributed by atoms with Gasteiger partial charge in [0.15, 0.2) is 5.82 Å². The second-order valence-corrected chi connectivity index (χ2v) is 6.23. The Bertz CT molecular complexity index is 852. The highest BCUT2D eigenvalue weighted by atomic mass is 19.1. The zero-order valence-electron chi connectivity index (χ0n) is 15.0. The molecule has 0 saturated carbocycles. The van der Waals surface area contributed by atoms with E-state index >= 15 is 0 Å². The molecule has 0 bridgehead atoms. The maximum Gasteiger partial charge on any atom is 0.163 e. The molecule has 1 aromatic heterocycles. The number of hydrogen-bond acceptors (Lipinski definition) is 4. The normalized spacial score (nSPS) is 11.8. The molecule has 0 aliphatic heterocycles. The average molecular weight is 350 g/mol. The van der Waals surface area contributed by atoms with E-state index in [9.17, 15) is 4.39 Å². The molecule has 5 heteroatoms. The quantitative estimate of drug-likeness (QED) is 0.622. The maximum absolute atomic E-state index is 13.8. The van der Waals surface area contributed by atoms with Crippen molar-refractivity contribution in [1.82, 2.24) is 9.97 Å². The number of anilines is 2. The van der Waals surface area contributed by atoms with E-state index in [4.69, 9.17) is 0 Å². The number of halogens is 1. The fourth-order valence-electron chi connectivity index (χ4n) is 2.51. The van der Waals surface area contributed by atoms with Gasteiger partial charge in [0.05, 0.1) is 0 Å². The van der Waals surface area contributed by atoms with Crippen LogP contribution < -0.4 is 10.6 Å². The summed E-state index contributed by atoms with van der Waals surface area (Å²) in [5.74, 6) is 1.82. The number of nitrogens with zero attached hydrogens (tertiary/aromatic N) is 2. The largest absolute Gasteiger partial charge is 0.367 e. The second-order valence-electron chi connectivity index (χ2n) is 6.23. The van der Waals surface area contributed by atoms with Crippen LogP contribution in [0.15, 0.2) is 60.7 Å². The van der Waals surface area contributed by atoms with E-state index in [1.165, 1.54) is 6.07 Å². The lowest BCUT2D eigenvalue weighted by molar-refractivity contribution is 0.613. The first-order chi connectivity index (χ1) is 12.7. The number of hydrogen-bond donors (Lipinski definition) is 2. The topological polar surface area (TPSA) is 49.8 Å². The Balaban J connectivity index is 1.88. The minimum atomic E-state index is -0.227. The Kier molecular flexibility index (Phi) is 5.79. The molecule has 1 atom stereocenters. The summed E-state index contributed by atoms with van der Waals surface area (Å²) < 4.78 is 13.8. The SMILES string of the molecule is CCC(C)Nc1cc(NCc2ccccc2F)nc(-c2ccccc2)n1. The van der Waals surface area contributed by atoms with Crippen molar-refractivity contribution in [2.45, 2.75) is 32.9 Å². The van der Waals surface area contributed by atoms with Gasteiger partial charge < -0.3 is 10.6 Å².